The smallest absolute Gasteiger partial charge is 0.305 e. The third-order valence-corrected chi connectivity index (χ3v) is 5.60. The number of carbonyl (C=O) groups excluding carboxylic acids is 4. The molecule has 1 aromatic rings. The number of hydrogen-bond acceptors (Lipinski definition) is 9. The topological polar surface area (TPSA) is 142 Å². The van der Waals surface area contributed by atoms with Gasteiger partial charge in [0.1, 0.15) is 5.69 Å². The highest BCUT2D eigenvalue weighted by atomic mass is 35.5. The molecule has 4 unspecified atom stereocenters. The van der Waals surface area contributed by atoms with Gasteiger partial charge in [0.25, 0.3) is 12.0 Å². The predicted octanol–water partition coefficient (Wildman–Crippen LogP) is 1.51. The zero-order valence-electron chi connectivity index (χ0n) is 16.1. The largest absolute Gasteiger partial charge is 0.422 e. The molecule has 162 valence electrons. The van der Waals surface area contributed by atoms with Gasteiger partial charge >= 0.3 is 11.9 Å². The molecule has 0 spiro atoms. The number of nitrogens with zero attached hydrogens (tertiary/aromatic N) is 2. The molecule has 2 saturated heterocycles. The second kappa shape index (κ2) is 7.13. The van der Waals surface area contributed by atoms with Crippen LogP contribution in [-0.2, 0) is 33.4 Å². The summed E-state index contributed by atoms with van der Waals surface area (Å²) in [6, 6.07) is 3.55. The Labute approximate surface area is 179 Å². The molecule has 2 fully saturated rings. The molecule has 0 saturated carbocycles. The zero-order valence-corrected chi connectivity index (χ0v) is 16.9. The SMILES string of the molecule is CC(=O)OC(OC(C)=O)C12C=CC(O1)C1C(=O)N(c3ccc(Cl)cc3[N+](=O)[O-])C(=O)C12. The summed E-state index contributed by atoms with van der Waals surface area (Å²) in [4.78, 5) is 61.2. The number of carbonyl (C=O) groups is 4. The van der Waals surface area contributed by atoms with Gasteiger partial charge < -0.3 is 14.2 Å². The maximum atomic E-state index is 13.4. The van der Waals surface area contributed by atoms with E-state index in [0.29, 0.717) is 4.90 Å². The highest BCUT2D eigenvalue weighted by Crippen LogP contribution is 2.55. The summed E-state index contributed by atoms with van der Waals surface area (Å²) < 4.78 is 16.0. The molecule has 3 aliphatic heterocycles. The minimum Gasteiger partial charge on any atom is -0.422 e. The van der Waals surface area contributed by atoms with Gasteiger partial charge in [-0.05, 0) is 18.2 Å². The molecule has 0 N–H and O–H groups in total. The van der Waals surface area contributed by atoms with E-state index < -0.39 is 64.2 Å². The number of nitro groups is 1. The molecule has 31 heavy (non-hydrogen) atoms. The van der Waals surface area contributed by atoms with Gasteiger partial charge in [0.15, 0.2) is 5.60 Å². The summed E-state index contributed by atoms with van der Waals surface area (Å²) in [5.41, 5.74) is -2.51. The summed E-state index contributed by atoms with van der Waals surface area (Å²) in [6.07, 6.45) is 0.425. The first kappa shape index (κ1) is 20.9. The van der Waals surface area contributed by atoms with Crippen LogP contribution in [0.4, 0.5) is 11.4 Å². The van der Waals surface area contributed by atoms with Crippen LogP contribution in [-0.4, -0.2) is 46.7 Å². The van der Waals surface area contributed by atoms with Crippen molar-refractivity contribution in [1.29, 1.82) is 0 Å². The Balaban J connectivity index is 1.79. The van der Waals surface area contributed by atoms with Crippen LogP contribution in [0.5, 0.6) is 0 Å². The van der Waals surface area contributed by atoms with Crippen LogP contribution < -0.4 is 4.90 Å². The van der Waals surface area contributed by atoms with Crippen molar-refractivity contribution in [1.82, 2.24) is 0 Å². The maximum absolute atomic E-state index is 13.4. The van der Waals surface area contributed by atoms with Crippen molar-refractivity contribution in [2.45, 2.75) is 31.8 Å². The van der Waals surface area contributed by atoms with E-state index in [-0.39, 0.29) is 10.7 Å². The number of nitro benzene ring substituents is 1. The lowest BCUT2D eigenvalue weighted by Gasteiger charge is -2.34. The second-order valence-corrected chi connectivity index (χ2v) is 7.69. The monoisotopic (exact) mass is 450 g/mol. The summed E-state index contributed by atoms with van der Waals surface area (Å²) in [5.74, 6) is -5.40. The number of halogens is 1. The van der Waals surface area contributed by atoms with Crippen LogP contribution >= 0.6 is 11.6 Å². The molecule has 0 radical (unpaired) electrons. The lowest BCUT2D eigenvalue weighted by molar-refractivity contribution is -0.384. The highest BCUT2D eigenvalue weighted by molar-refractivity contribution is 6.31. The van der Waals surface area contributed by atoms with Gasteiger partial charge in [0.05, 0.1) is 22.9 Å². The molecule has 3 aliphatic rings. The second-order valence-electron chi connectivity index (χ2n) is 7.25. The fourth-order valence-electron chi connectivity index (χ4n) is 4.29. The fourth-order valence-corrected chi connectivity index (χ4v) is 4.45. The standard InChI is InChI=1S/C19H15ClN2O9/c1-8(23)29-18(30-9(2)24)19-6-5-13(31-19)14-15(19)17(26)21(16(14)25)11-4-3-10(20)7-12(11)22(27)28/h3-7,13-15,18H,1-2H3. The Kier molecular flexibility index (Phi) is 4.82. The number of imide groups is 1. The van der Waals surface area contributed by atoms with E-state index in [4.69, 9.17) is 25.8 Å². The lowest BCUT2D eigenvalue weighted by atomic mass is 9.76. The van der Waals surface area contributed by atoms with Crippen LogP contribution in [0.2, 0.25) is 5.02 Å². The van der Waals surface area contributed by atoms with Gasteiger partial charge in [0.2, 0.25) is 11.8 Å². The van der Waals surface area contributed by atoms with Crippen LogP contribution in [0.1, 0.15) is 13.8 Å². The number of benzene rings is 1. The lowest BCUT2D eigenvalue weighted by Crippen LogP contribution is -2.52. The number of anilines is 1. The summed E-state index contributed by atoms with van der Waals surface area (Å²) in [5, 5.41) is 11.5. The molecule has 2 bridgehead atoms. The number of esters is 2. The van der Waals surface area contributed by atoms with Gasteiger partial charge in [-0.1, -0.05) is 17.7 Å². The number of hydrogen-bond donors (Lipinski definition) is 0. The van der Waals surface area contributed by atoms with Crippen LogP contribution in [0.15, 0.2) is 30.4 Å². The van der Waals surface area contributed by atoms with Crippen molar-refractivity contribution < 1.29 is 38.3 Å². The molecule has 0 aromatic heterocycles. The Morgan fingerprint density at radius 3 is 2.45 bits per heavy atom. The third-order valence-electron chi connectivity index (χ3n) is 5.37. The number of fused-ring (bicyclic) bond motifs is 5. The molecule has 4 atom stereocenters. The molecule has 1 aromatic carbocycles. The first-order chi connectivity index (χ1) is 14.6. The molecular weight excluding hydrogens is 436 g/mol. The van der Waals surface area contributed by atoms with E-state index in [0.717, 1.165) is 19.9 Å². The quantitative estimate of drug-likeness (QED) is 0.163. The van der Waals surface area contributed by atoms with Gasteiger partial charge in [-0.15, -0.1) is 0 Å². The van der Waals surface area contributed by atoms with Crippen molar-refractivity contribution in [2.75, 3.05) is 4.90 Å². The molecule has 3 heterocycles. The van der Waals surface area contributed by atoms with Crippen LogP contribution in [0, 0.1) is 22.0 Å². The Morgan fingerprint density at radius 2 is 1.87 bits per heavy atom. The van der Waals surface area contributed by atoms with Gasteiger partial charge in [-0.3, -0.25) is 29.3 Å². The van der Waals surface area contributed by atoms with E-state index in [1.807, 2.05) is 0 Å². The zero-order chi connectivity index (χ0) is 22.7. The maximum Gasteiger partial charge on any atom is 0.305 e. The predicted molar refractivity (Wildman–Crippen MR) is 102 cm³/mol. The van der Waals surface area contributed by atoms with E-state index in [1.165, 1.54) is 24.3 Å². The Bertz CT molecular complexity index is 1050. The number of rotatable bonds is 5. The van der Waals surface area contributed by atoms with Crippen LogP contribution in [0.25, 0.3) is 0 Å². The molecule has 12 heteroatoms. The molecule has 0 aliphatic carbocycles. The average Bonchev–Trinajstić information content (AvgIpc) is 3.32. The summed E-state index contributed by atoms with van der Waals surface area (Å²) in [7, 11) is 0. The molecule has 4 rings (SSSR count). The van der Waals surface area contributed by atoms with E-state index in [1.54, 1.807) is 0 Å². The summed E-state index contributed by atoms with van der Waals surface area (Å²) in [6.45, 7) is 2.17. The first-order valence-electron chi connectivity index (χ1n) is 9.10. The van der Waals surface area contributed by atoms with E-state index in [2.05, 4.69) is 0 Å². The normalized spacial score (nSPS) is 28.3. The molecule has 11 nitrogen and oxygen atoms in total. The number of ether oxygens (including phenoxy) is 3. The van der Waals surface area contributed by atoms with Crippen LogP contribution in [0.3, 0.4) is 0 Å². The third kappa shape index (κ3) is 3.08. The minimum atomic E-state index is -1.74. The molecule has 2 amide bonds. The minimum absolute atomic E-state index is 0.0565. The summed E-state index contributed by atoms with van der Waals surface area (Å²) >= 11 is 5.83. The highest BCUT2D eigenvalue weighted by Gasteiger charge is 2.72. The van der Waals surface area contributed by atoms with Gasteiger partial charge in [-0.25, -0.2) is 4.90 Å². The number of amides is 2. The Morgan fingerprint density at radius 1 is 1.23 bits per heavy atom. The average molecular weight is 451 g/mol. The fraction of sp³-hybridized carbons (Fsp3) is 0.368. The first-order valence-corrected chi connectivity index (χ1v) is 9.48. The van der Waals surface area contributed by atoms with Crippen molar-refractivity contribution in [3.63, 3.8) is 0 Å². The van der Waals surface area contributed by atoms with Gasteiger partial charge in [-0.2, -0.15) is 0 Å². The molecular formula is C19H15ClN2O9. The van der Waals surface area contributed by atoms with E-state index >= 15 is 0 Å². The van der Waals surface area contributed by atoms with Gasteiger partial charge in [0, 0.05) is 24.9 Å². The Hall–Kier alpha value is -3.31. The van der Waals surface area contributed by atoms with Crippen molar-refractivity contribution in [3.8, 4) is 0 Å². The van der Waals surface area contributed by atoms with Crippen molar-refractivity contribution in [2.24, 2.45) is 11.8 Å². The van der Waals surface area contributed by atoms with E-state index in [9.17, 15) is 29.3 Å². The van der Waals surface area contributed by atoms with Crippen molar-refractivity contribution >= 4 is 46.7 Å². The van der Waals surface area contributed by atoms with Crippen molar-refractivity contribution in [3.05, 3.63) is 45.5 Å².